The number of aliphatic imine (C=N–C) groups is 1. The molecular formula is C33H20N4O. The summed E-state index contributed by atoms with van der Waals surface area (Å²) in [5, 5.41) is 21.8. The number of fused-ring (bicyclic) bond motifs is 7. The van der Waals surface area contributed by atoms with Gasteiger partial charge in [-0.05, 0) is 60.2 Å². The van der Waals surface area contributed by atoms with Gasteiger partial charge in [0.25, 0.3) is 0 Å². The van der Waals surface area contributed by atoms with Crippen molar-refractivity contribution in [2.45, 2.75) is 0 Å². The molecule has 2 aromatic heterocycles. The number of nitriles is 1. The third-order valence-corrected chi connectivity index (χ3v) is 6.96. The highest BCUT2D eigenvalue weighted by Crippen LogP contribution is 2.39. The maximum Gasteiger partial charge on any atom is 0.160 e. The Kier molecular flexibility index (Phi) is 4.92. The molecule has 7 rings (SSSR count). The molecule has 5 nitrogen and oxygen atoms in total. The molecule has 0 unspecified atom stereocenters. The Labute approximate surface area is 218 Å². The molecule has 0 aliphatic carbocycles. The van der Waals surface area contributed by atoms with Crippen LogP contribution in [-0.4, -0.2) is 16.6 Å². The topological polar surface area (TPSA) is 78.1 Å². The zero-order chi connectivity index (χ0) is 25.6. The molecule has 1 N–H and O–H groups in total. The van der Waals surface area contributed by atoms with E-state index in [2.05, 4.69) is 70.2 Å². The molecule has 0 saturated heterocycles. The maximum atomic E-state index is 8.97. The van der Waals surface area contributed by atoms with E-state index < -0.39 is 0 Å². The third kappa shape index (κ3) is 3.40. The summed E-state index contributed by atoms with van der Waals surface area (Å²) in [6.45, 7) is 0. The van der Waals surface area contributed by atoms with Gasteiger partial charge in [-0.25, -0.2) is 4.99 Å². The second-order valence-corrected chi connectivity index (χ2v) is 9.18. The highest BCUT2D eigenvalue weighted by molar-refractivity contribution is 6.21. The lowest BCUT2D eigenvalue weighted by atomic mass is 10.1. The van der Waals surface area contributed by atoms with Gasteiger partial charge in [0.05, 0.1) is 22.7 Å². The Morgan fingerprint density at radius 1 is 0.763 bits per heavy atom. The molecule has 0 fully saturated rings. The van der Waals surface area contributed by atoms with Gasteiger partial charge in [-0.2, -0.15) is 5.26 Å². The SMILES string of the molecule is N#Cc1ccc(C(=N)N=Cc2ccc(-n3c4ccccc4c4ccc5c6ccccc6oc5c43)cc2)cc1. The smallest absolute Gasteiger partial charge is 0.160 e. The van der Waals surface area contributed by atoms with Crippen LogP contribution in [0.15, 0.2) is 119 Å². The molecule has 0 atom stereocenters. The number of furan rings is 1. The van der Waals surface area contributed by atoms with Gasteiger partial charge in [0, 0.05) is 39.0 Å². The zero-order valence-electron chi connectivity index (χ0n) is 20.2. The van der Waals surface area contributed by atoms with Crippen LogP contribution < -0.4 is 0 Å². The summed E-state index contributed by atoms with van der Waals surface area (Å²) in [6, 6.07) is 38.0. The van der Waals surface area contributed by atoms with E-state index in [0.717, 1.165) is 49.6 Å². The molecule has 0 aliphatic heterocycles. The molecule has 0 amide bonds. The van der Waals surface area contributed by atoms with Crippen LogP contribution in [-0.2, 0) is 0 Å². The van der Waals surface area contributed by atoms with Crippen LogP contribution in [0.5, 0.6) is 0 Å². The van der Waals surface area contributed by atoms with Crippen LogP contribution in [0.2, 0.25) is 0 Å². The standard InChI is InChI=1S/C33H20N4O/c34-19-21-9-13-23(14-10-21)33(35)36-20-22-11-15-24(16-12-22)37-29-7-3-1-5-25(29)27-17-18-28-26-6-2-4-8-30(26)38-32(28)31(27)37/h1-18,20,35H. The number of nitrogens with one attached hydrogen (secondary N) is 1. The van der Waals surface area contributed by atoms with Crippen molar-refractivity contribution in [3.63, 3.8) is 0 Å². The van der Waals surface area contributed by atoms with Crippen molar-refractivity contribution >= 4 is 55.8 Å². The number of rotatable bonds is 3. The molecule has 0 bridgehead atoms. The molecule has 5 aromatic carbocycles. The van der Waals surface area contributed by atoms with Crippen molar-refractivity contribution in [2.24, 2.45) is 4.99 Å². The lowest BCUT2D eigenvalue weighted by Gasteiger charge is -2.08. The largest absolute Gasteiger partial charge is 0.454 e. The summed E-state index contributed by atoms with van der Waals surface area (Å²) in [5.41, 5.74) is 7.04. The maximum absolute atomic E-state index is 8.97. The molecular weight excluding hydrogens is 468 g/mol. The number of hydrogen-bond acceptors (Lipinski definition) is 3. The highest BCUT2D eigenvalue weighted by atomic mass is 16.3. The minimum atomic E-state index is 0.147. The third-order valence-electron chi connectivity index (χ3n) is 6.96. The average molecular weight is 489 g/mol. The molecule has 2 heterocycles. The van der Waals surface area contributed by atoms with Crippen LogP contribution >= 0.6 is 0 Å². The monoisotopic (exact) mass is 488 g/mol. The molecule has 0 spiro atoms. The van der Waals surface area contributed by atoms with Gasteiger partial charge in [0.2, 0.25) is 0 Å². The van der Waals surface area contributed by atoms with Crippen molar-refractivity contribution in [1.82, 2.24) is 4.57 Å². The van der Waals surface area contributed by atoms with Gasteiger partial charge in [0.1, 0.15) is 5.58 Å². The molecule has 178 valence electrons. The number of amidine groups is 1. The van der Waals surface area contributed by atoms with E-state index in [0.29, 0.717) is 11.1 Å². The van der Waals surface area contributed by atoms with Crippen LogP contribution in [0.3, 0.4) is 0 Å². The second kappa shape index (κ2) is 8.58. The lowest BCUT2D eigenvalue weighted by Crippen LogP contribution is -1.97. The zero-order valence-corrected chi connectivity index (χ0v) is 20.2. The molecule has 7 aromatic rings. The second-order valence-electron chi connectivity index (χ2n) is 9.18. The minimum absolute atomic E-state index is 0.147. The van der Waals surface area contributed by atoms with Gasteiger partial charge < -0.3 is 8.98 Å². The van der Waals surface area contributed by atoms with Crippen molar-refractivity contribution in [2.75, 3.05) is 0 Å². The van der Waals surface area contributed by atoms with Crippen molar-refractivity contribution in [3.05, 3.63) is 126 Å². The Bertz CT molecular complexity index is 2090. The Morgan fingerprint density at radius 3 is 2.26 bits per heavy atom. The van der Waals surface area contributed by atoms with Crippen molar-refractivity contribution < 1.29 is 4.42 Å². The summed E-state index contributed by atoms with van der Waals surface area (Å²) in [4.78, 5) is 4.33. The number of nitrogens with zero attached hydrogens (tertiary/aromatic N) is 3. The van der Waals surface area contributed by atoms with E-state index >= 15 is 0 Å². The molecule has 38 heavy (non-hydrogen) atoms. The number of hydrogen-bond donors (Lipinski definition) is 1. The molecule has 0 aliphatic rings. The summed E-state index contributed by atoms with van der Waals surface area (Å²) < 4.78 is 8.68. The first kappa shape index (κ1) is 21.8. The molecule has 5 heteroatoms. The Hall–Kier alpha value is -5.47. The average Bonchev–Trinajstić information content (AvgIpc) is 3.52. The number of benzene rings is 5. The molecule has 0 radical (unpaired) electrons. The van der Waals surface area contributed by atoms with E-state index in [1.165, 1.54) is 5.39 Å². The Morgan fingerprint density at radius 2 is 1.47 bits per heavy atom. The summed E-state index contributed by atoms with van der Waals surface area (Å²) in [7, 11) is 0. The normalized spacial score (nSPS) is 11.7. The Balaban J connectivity index is 1.33. The fraction of sp³-hybridized carbons (Fsp3) is 0. The predicted molar refractivity (Wildman–Crippen MR) is 154 cm³/mol. The van der Waals surface area contributed by atoms with E-state index in [9.17, 15) is 0 Å². The fourth-order valence-corrected chi connectivity index (χ4v) is 5.12. The minimum Gasteiger partial charge on any atom is -0.454 e. The predicted octanol–water partition coefficient (Wildman–Crippen LogP) is 8.00. The van der Waals surface area contributed by atoms with Gasteiger partial charge >= 0.3 is 0 Å². The van der Waals surface area contributed by atoms with Crippen LogP contribution in [0, 0.1) is 16.7 Å². The summed E-state index contributed by atoms with van der Waals surface area (Å²) in [5.74, 6) is 0.147. The van der Waals surface area contributed by atoms with E-state index in [4.69, 9.17) is 15.1 Å². The highest BCUT2D eigenvalue weighted by Gasteiger charge is 2.18. The van der Waals surface area contributed by atoms with E-state index in [1.54, 1.807) is 30.5 Å². The van der Waals surface area contributed by atoms with Gasteiger partial charge in [-0.3, -0.25) is 5.41 Å². The quantitative estimate of drug-likeness (QED) is 0.202. The van der Waals surface area contributed by atoms with Crippen molar-refractivity contribution in [3.8, 4) is 11.8 Å². The van der Waals surface area contributed by atoms with Gasteiger partial charge in [-0.1, -0.05) is 54.6 Å². The number of aromatic nitrogens is 1. The summed E-state index contributed by atoms with van der Waals surface area (Å²) in [6.07, 6.45) is 1.69. The van der Waals surface area contributed by atoms with Gasteiger partial charge in [0.15, 0.2) is 11.4 Å². The van der Waals surface area contributed by atoms with Gasteiger partial charge in [-0.15, -0.1) is 0 Å². The van der Waals surface area contributed by atoms with Crippen LogP contribution in [0.1, 0.15) is 16.7 Å². The van der Waals surface area contributed by atoms with Crippen LogP contribution in [0.4, 0.5) is 0 Å². The fourth-order valence-electron chi connectivity index (χ4n) is 5.12. The first-order valence-corrected chi connectivity index (χ1v) is 12.3. The first-order valence-electron chi connectivity index (χ1n) is 12.3. The van der Waals surface area contributed by atoms with E-state index in [1.807, 2.05) is 30.3 Å². The number of para-hydroxylation sites is 2. The van der Waals surface area contributed by atoms with Crippen LogP contribution in [0.25, 0.3) is 49.4 Å². The molecule has 0 saturated carbocycles. The van der Waals surface area contributed by atoms with E-state index in [-0.39, 0.29) is 5.84 Å². The summed E-state index contributed by atoms with van der Waals surface area (Å²) >= 11 is 0. The lowest BCUT2D eigenvalue weighted by molar-refractivity contribution is 0.671. The van der Waals surface area contributed by atoms with Crippen molar-refractivity contribution in [1.29, 1.82) is 10.7 Å². The first-order chi connectivity index (χ1) is 18.7.